The summed E-state index contributed by atoms with van der Waals surface area (Å²) < 4.78 is 24.9. The van der Waals surface area contributed by atoms with E-state index in [1.165, 1.54) is 12.1 Å². The van der Waals surface area contributed by atoms with Crippen molar-refractivity contribution in [2.24, 2.45) is 0 Å². The third-order valence-electron chi connectivity index (χ3n) is 4.16. The molecular weight excluding hydrogens is 393 g/mol. The van der Waals surface area contributed by atoms with Gasteiger partial charge in [-0.2, -0.15) is 0 Å². The van der Waals surface area contributed by atoms with E-state index in [0.29, 0.717) is 5.75 Å². The second-order valence-electron chi connectivity index (χ2n) is 6.15. The highest BCUT2D eigenvalue weighted by Crippen LogP contribution is 2.31. The van der Waals surface area contributed by atoms with Gasteiger partial charge in [0.2, 0.25) is 0 Å². The molecule has 0 aliphatic heterocycles. The number of hydrogen-bond donors (Lipinski definition) is 3. The molecule has 3 aromatic carbocycles. The SMILES string of the molecule is O=C(COc1ccc2oc3ccccc3c2c1)NNC(=S)Nc1ccccc1F. The van der Waals surface area contributed by atoms with Crippen LogP contribution in [-0.4, -0.2) is 17.6 Å². The van der Waals surface area contributed by atoms with Crippen molar-refractivity contribution in [2.75, 3.05) is 11.9 Å². The molecule has 0 spiro atoms. The predicted octanol–water partition coefficient (Wildman–Crippen LogP) is 4.12. The van der Waals surface area contributed by atoms with Gasteiger partial charge in [-0.25, -0.2) is 4.39 Å². The largest absolute Gasteiger partial charge is 0.484 e. The topological polar surface area (TPSA) is 75.5 Å². The molecule has 0 bridgehead atoms. The van der Waals surface area contributed by atoms with Crippen LogP contribution in [0.5, 0.6) is 5.75 Å². The Morgan fingerprint density at radius 1 is 0.966 bits per heavy atom. The molecule has 0 atom stereocenters. The smallest absolute Gasteiger partial charge is 0.276 e. The second-order valence-corrected chi connectivity index (χ2v) is 6.56. The summed E-state index contributed by atoms with van der Waals surface area (Å²) in [5.41, 5.74) is 6.64. The number of amides is 1. The monoisotopic (exact) mass is 409 g/mol. The zero-order valence-electron chi connectivity index (χ0n) is 15.1. The van der Waals surface area contributed by atoms with Crippen LogP contribution in [0, 0.1) is 5.82 Å². The lowest BCUT2D eigenvalue weighted by atomic mass is 10.1. The van der Waals surface area contributed by atoms with Gasteiger partial charge in [0, 0.05) is 10.8 Å². The molecule has 29 heavy (non-hydrogen) atoms. The fraction of sp³-hybridized carbons (Fsp3) is 0.0476. The molecule has 1 aromatic heterocycles. The van der Waals surface area contributed by atoms with E-state index in [4.69, 9.17) is 21.4 Å². The van der Waals surface area contributed by atoms with Crippen LogP contribution in [0.15, 0.2) is 71.1 Å². The second kappa shape index (κ2) is 8.15. The molecule has 4 rings (SSSR count). The van der Waals surface area contributed by atoms with Crippen molar-refractivity contribution in [2.45, 2.75) is 0 Å². The van der Waals surface area contributed by atoms with Crippen molar-refractivity contribution in [3.8, 4) is 5.75 Å². The number of ether oxygens (including phenoxy) is 1. The van der Waals surface area contributed by atoms with E-state index < -0.39 is 11.7 Å². The minimum absolute atomic E-state index is 0.0507. The van der Waals surface area contributed by atoms with E-state index >= 15 is 0 Å². The molecule has 0 fully saturated rings. The highest BCUT2D eigenvalue weighted by atomic mass is 32.1. The highest BCUT2D eigenvalue weighted by Gasteiger charge is 2.09. The average molecular weight is 409 g/mol. The maximum Gasteiger partial charge on any atom is 0.276 e. The summed E-state index contributed by atoms with van der Waals surface area (Å²) in [6.45, 7) is -0.226. The molecule has 0 saturated carbocycles. The third-order valence-corrected chi connectivity index (χ3v) is 4.36. The number of rotatable bonds is 4. The molecule has 6 nitrogen and oxygen atoms in total. The van der Waals surface area contributed by atoms with Gasteiger partial charge in [0.1, 0.15) is 22.7 Å². The van der Waals surface area contributed by atoms with Gasteiger partial charge in [0.05, 0.1) is 5.69 Å². The summed E-state index contributed by atoms with van der Waals surface area (Å²) in [6, 6.07) is 19.1. The molecule has 1 amide bonds. The average Bonchev–Trinajstić information content (AvgIpc) is 3.10. The van der Waals surface area contributed by atoms with Gasteiger partial charge in [-0.3, -0.25) is 15.6 Å². The number of fused-ring (bicyclic) bond motifs is 3. The first-order valence-corrected chi connectivity index (χ1v) is 9.15. The summed E-state index contributed by atoms with van der Waals surface area (Å²) >= 11 is 5.02. The number of nitrogens with one attached hydrogen (secondary N) is 3. The lowest BCUT2D eigenvalue weighted by molar-refractivity contribution is -0.123. The highest BCUT2D eigenvalue weighted by molar-refractivity contribution is 7.80. The van der Waals surface area contributed by atoms with E-state index in [9.17, 15) is 9.18 Å². The molecule has 146 valence electrons. The van der Waals surface area contributed by atoms with E-state index in [-0.39, 0.29) is 17.4 Å². The van der Waals surface area contributed by atoms with Crippen LogP contribution in [0.2, 0.25) is 0 Å². The minimum Gasteiger partial charge on any atom is -0.484 e. The third kappa shape index (κ3) is 4.27. The van der Waals surface area contributed by atoms with Crippen LogP contribution < -0.4 is 20.9 Å². The number of thiocarbonyl (C=S) groups is 1. The van der Waals surface area contributed by atoms with Crippen LogP contribution in [-0.2, 0) is 4.79 Å². The van der Waals surface area contributed by atoms with E-state index in [1.807, 2.05) is 30.3 Å². The minimum atomic E-state index is -0.450. The lowest BCUT2D eigenvalue weighted by Gasteiger charge is -2.12. The first kappa shape index (κ1) is 18.7. The molecular formula is C21H16FN3O3S. The van der Waals surface area contributed by atoms with Crippen molar-refractivity contribution in [1.82, 2.24) is 10.9 Å². The zero-order valence-corrected chi connectivity index (χ0v) is 15.9. The van der Waals surface area contributed by atoms with Crippen LogP contribution in [0.25, 0.3) is 21.9 Å². The quantitative estimate of drug-likeness (QED) is 0.348. The standard InChI is InChI=1S/C21H16FN3O3S/c22-16-6-2-3-7-17(16)23-21(29)25-24-20(26)12-27-13-9-10-19-15(11-13)14-5-1-4-8-18(14)28-19/h1-11H,12H2,(H,24,26)(H2,23,25,29). The molecule has 1 heterocycles. The number of anilines is 1. The number of carbonyl (C=O) groups excluding carboxylic acids is 1. The lowest BCUT2D eigenvalue weighted by Crippen LogP contribution is -2.45. The van der Waals surface area contributed by atoms with E-state index in [2.05, 4.69) is 16.2 Å². The van der Waals surface area contributed by atoms with E-state index in [1.54, 1.807) is 24.3 Å². The van der Waals surface area contributed by atoms with Crippen molar-refractivity contribution in [3.63, 3.8) is 0 Å². The number of carbonyl (C=O) groups is 1. The normalized spacial score (nSPS) is 10.7. The number of halogens is 1. The Balaban J connectivity index is 1.32. The Bertz CT molecular complexity index is 1210. The zero-order chi connectivity index (χ0) is 20.2. The van der Waals surface area contributed by atoms with Gasteiger partial charge in [-0.1, -0.05) is 30.3 Å². The first-order chi connectivity index (χ1) is 14.1. The van der Waals surface area contributed by atoms with Gasteiger partial charge in [0.15, 0.2) is 11.7 Å². The van der Waals surface area contributed by atoms with Gasteiger partial charge >= 0.3 is 0 Å². The van der Waals surface area contributed by atoms with Crippen LogP contribution in [0.4, 0.5) is 10.1 Å². The van der Waals surface area contributed by atoms with Gasteiger partial charge < -0.3 is 14.5 Å². The molecule has 0 aliphatic rings. The summed E-state index contributed by atoms with van der Waals surface area (Å²) in [4.78, 5) is 12.0. The van der Waals surface area contributed by atoms with Crippen molar-refractivity contribution in [1.29, 1.82) is 0 Å². The Morgan fingerprint density at radius 2 is 1.72 bits per heavy atom. The Morgan fingerprint density at radius 3 is 2.59 bits per heavy atom. The maximum atomic E-state index is 13.6. The van der Waals surface area contributed by atoms with Gasteiger partial charge in [-0.15, -0.1) is 0 Å². The molecule has 0 saturated heterocycles. The molecule has 0 unspecified atom stereocenters. The fourth-order valence-electron chi connectivity index (χ4n) is 2.82. The number of para-hydroxylation sites is 2. The van der Waals surface area contributed by atoms with Crippen molar-refractivity contribution in [3.05, 3.63) is 72.5 Å². The number of furan rings is 1. The van der Waals surface area contributed by atoms with Crippen LogP contribution in [0.3, 0.4) is 0 Å². The summed E-state index contributed by atoms with van der Waals surface area (Å²) in [7, 11) is 0. The molecule has 3 N–H and O–H groups in total. The predicted molar refractivity (Wildman–Crippen MR) is 113 cm³/mol. The summed E-state index contributed by atoms with van der Waals surface area (Å²) in [6.07, 6.45) is 0. The maximum absolute atomic E-state index is 13.6. The Kier molecular flexibility index (Phi) is 5.26. The molecule has 4 aromatic rings. The Hall–Kier alpha value is -3.65. The summed E-state index contributed by atoms with van der Waals surface area (Å²) in [5.74, 6) is -0.362. The van der Waals surface area contributed by atoms with Crippen molar-refractivity contribution < 1.29 is 18.3 Å². The first-order valence-electron chi connectivity index (χ1n) is 8.74. The van der Waals surface area contributed by atoms with Crippen LogP contribution in [0.1, 0.15) is 0 Å². The van der Waals surface area contributed by atoms with Crippen LogP contribution >= 0.6 is 12.2 Å². The molecule has 0 aliphatic carbocycles. The number of benzene rings is 3. The van der Waals surface area contributed by atoms with E-state index in [0.717, 1.165) is 21.9 Å². The van der Waals surface area contributed by atoms with Crippen molar-refractivity contribution >= 4 is 50.9 Å². The number of hydrazine groups is 1. The van der Waals surface area contributed by atoms with Gasteiger partial charge in [-0.05, 0) is 48.6 Å². The number of hydrogen-bond acceptors (Lipinski definition) is 4. The fourth-order valence-corrected chi connectivity index (χ4v) is 2.98. The van der Waals surface area contributed by atoms with Gasteiger partial charge in [0.25, 0.3) is 5.91 Å². The summed E-state index contributed by atoms with van der Waals surface area (Å²) in [5, 5.41) is 4.59. The Labute approximate surface area is 170 Å². The molecule has 0 radical (unpaired) electrons. The molecule has 8 heteroatoms.